The Labute approximate surface area is 195 Å². The fourth-order valence-electron chi connectivity index (χ4n) is 4.58. The first-order valence-electron chi connectivity index (χ1n) is 10.0. The molecular formula is C21H18F2IN3O4S. The molecule has 0 unspecified atom stereocenters. The van der Waals surface area contributed by atoms with Crippen LogP contribution in [0.15, 0.2) is 40.4 Å². The topological polar surface area (TPSA) is 83.1 Å². The molecular weight excluding hydrogens is 555 g/mol. The Morgan fingerprint density at radius 1 is 1.19 bits per heavy atom. The molecule has 1 aromatic carbocycles. The molecule has 1 aliphatic heterocycles. The molecule has 2 aromatic heterocycles. The molecule has 168 valence electrons. The number of nitrogens with zero attached hydrogens (tertiary/aromatic N) is 3. The van der Waals surface area contributed by atoms with Gasteiger partial charge in [0, 0.05) is 15.8 Å². The van der Waals surface area contributed by atoms with Crippen molar-refractivity contribution in [3.05, 3.63) is 72.6 Å². The lowest BCUT2D eigenvalue weighted by Gasteiger charge is -2.16. The highest BCUT2D eigenvalue weighted by atomic mass is 127. The van der Waals surface area contributed by atoms with Crippen LogP contribution in [0.2, 0.25) is 0 Å². The van der Waals surface area contributed by atoms with Crippen LogP contribution in [0.5, 0.6) is 0 Å². The summed E-state index contributed by atoms with van der Waals surface area (Å²) in [5.41, 5.74) is -2.81. The van der Waals surface area contributed by atoms with Crippen molar-refractivity contribution in [1.29, 1.82) is 0 Å². The van der Waals surface area contributed by atoms with Gasteiger partial charge in [0.25, 0.3) is 5.56 Å². The van der Waals surface area contributed by atoms with Crippen molar-refractivity contribution in [1.82, 2.24) is 13.1 Å². The maximum absolute atomic E-state index is 15.4. The van der Waals surface area contributed by atoms with Crippen molar-refractivity contribution in [3.8, 4) is 5.69 Å². The van der Waals surface area contributed by atoms with Gasteiger partial charge in [0.2, 0.25) is 15.8 Å². The van der Waals surface area contributed by atoms with Gasteiger partial charge in [0.1, 0.15) is 16.9 Å². The normalized spacial score (nSPS) is 17.0. The number of rotatable bonds is 5. The van der Waals surface area contributed by atoms with Crippen molar-refractivity contribution in [3.63, 3.8) is 0 Å². The van der Waals surface area contributed by atoms with E-state index in [1.807, 2.05) is 22.6 Å². The second-order valence-corrected chi connectivity index (χ2v) is 11.6. The zero-order valence-electron chi connectivity index (χ0n) is 16.8. The Morgan fingerprint density at radius 2 is 1.91 bits per heavy atom. The van der Waals surface area contributed by atoms with Gasteiger partial charge < -0.3 is 4.57 Å². The quantitative estimate of drug-likeness (QED) is 0.347. The molecule has 11 heteroatoms. The number of pyridine rings is 1. The van der Waals surface area contributed by atoms with Crippen LogP contribution in [0.4, 0.5) is 8.78 Å². The minimum absolute atomic E-state index is 0.129. The average Bonchev–Trinajstić information content (AvgIpc) is 3.25. The summed E-state index contributed by atoms with van der Waals surface area (Å²) in [6.45, 7) is 3.84. The van der Waals surface area contributed by atoms with Gasteiger partial charge >= 0.3 is 5.69 Å². The van der Waals surface area contributed by atoms with Crippen molar-refractivity contribution in [2.24, 2.45) is 0 Å². The molecule has 0 spiro atoms. The van der Waals surface area contributed by atoms with Crippen LogP contribution < -0.4 is 11.2 Å². The number of hydrogen-bond donors (Lipinski definition) is 0. The molecule has 1 saturated carbocycles. The number of halogens is 3. The third-order valence-corrected chi connectivity index (χ3v) is 9.47. The van der Waals surface area contributed by atoms with Gasteiger partial charge in [-0.2, -0.15) is 8.36 Å². The van der Waals surface area contributed by atoms with Gasteiger partial charge in [-0.05, 0) is 72.9 Å². The van der Waals surface area contributed by atoms with E-state index in [1.165, 1.54) is 22.8 Å². The van der Waals surface area contributed by atoms with Gasteiger partial charge in [-0.25, -0.2) is 17.6 Å². The lowest BCUT2D eigenvalue weighted by Crippen LogP contribution is -2.37. The van der Waals surface area contributed by atoms with E-state index in [2.05, 4.69) is 6.58 Å². The maximum atomic E-state index is 15.4. The molecule has 0 radical (unpaired) electrons. The molecule has 32 heavy (non-hydrogen) atoms. The lowest BCUT2D eigenvalue weighted by atomic mass is 10.2. The maximum Gasteiger partial charge on any atom is 0.347 e. The Morgan fingerprint density at radius 3 is 2.53 bits per heavy atom. The Kier molecular flexibility index (Phi) is 4.79. The fraction of sp³-hybridized carbons (Fsp3) is 0.333. The summed E-state index contributed by atoms with van der Waals surface area (Å²) in [7, 11) is -4.30. The number of benzene rings is 1. The van der Waals surface area contributed by atoms with Crippen molar-refractivity contribution in [2.45, 2.75) is 43.4 Å². The molecule has 0 N–H and O–H groups in total. The molecule has 1 fully saturated rings. The average molecular weight is 573 g/mol. The highest BCUT2D eigenvalue weighted by Crippen LogP contribution is 2.48. The smallest absolute Gasteiger partial charge is 0.308 e. The largest absolute Gasteiger partial charge is 0.347 e. The third kappa shape index (κ3) is 2.76. The van der Waals surface area contributed by atoms with E-state index in [9.17, 15) is 22.4 Å². The van der Waals surface area contributed by atoms with Crippen LogP contribution >= 0.6 is 22.6 Å². The number of imidazole rings is 1. The molecule has 2 aliphatic rings. The third-order valence-electron chi connectivity index (χ3n) is 6.31. The number of hydrogen-bond acceptors (Lipinski definition) is 4. The minimum atomic E-state index is -4.30. The molecule has 3 heterocycles. The van der Waals surface area contributed by atoms with E-state index in [0.29, 0.717) is 37.8 Å². The molecule has 0 bridgehead atoms. The van der Waals surface area contributed by atoms with E-state index in [4.69, 9.17) is 0 Å². The second-order valence-electron chi connectivity index (χ2n) is 8.18. The monoisotopic (exact) mass is 573 g/mol. The number of fused-ring (bicyclic) bond motifs is 3. The van der Waals surface area contributed by atoms with Crippen LogP contribution in [0.25, 0.3) is 16.7 Å². The predicted molar refractivity (Wildman–Crippen MR) is 124 cm³/mol. The first kappa shape index (κ1) is 21.6. The highest BCUT2D eigenvalue weighted by Gasteiger charge is 2.56. The van der Waals surface area contributed by atoms with Gasteiger partial charge in [0.15, 0.2) is 0 Å². The van der Waals surface area contributed by atoms with Crippen LogP contribution in [-0.2, 0) is 23.0 Å². The van der Waals surface area contributed by atoms with E-state index >= 15 is 4.39 Å². The first-order valence-corrected chi connectivity index (χ1v) is 12.6. The Hall–Kier alpha value is -2.28. The van der Waals surface area contributed by atoms with Crippen molar-refractivity contribution < 1.29 is 17.2 Å². The summed E-state index contributed by atoms with van der Waals surface area (Å²) in [6.07, 6.45) is 3.07. The Balaban J connectivity index is 1.99. The minimum Gasteiger partial charge on any atom is -0.308 e. The standard InChI is InChI=1S/C21H18F2IN3O4S/c1-2-7-21(8-9-21)32(30,31)27-17-15-4-3-10-25(15)19(28)16(23)18(17)26(20(27)29)14-6-5-12(24)11-13(14)22/h2,5-6,11H,1,3-4,7-10H2. The van der Waals surface area contributed by atoms with E-state index < -0.39 is 43.2 Å². The SMILES string of the molecule is C=CCC1(S(=O)(=O)n2c(=O)n(-c3ccc(I)cc3F)c3c(F)c(=O)n4c(c32)CCC4)CC1. The van der Waals surface area contributed by atoms with Gasteiger partial charge in [-0.3, -0.25) is 9.36 Å². The van der Waals surface area contributed by atoms with E-state index in [0.717, 1.165) is 6.07 Å². The van der Waals surface area contributed by atoms with Crippen molar-refractivity contribution in [2.75, 3.05) is 0 Å². The summed E-state index contributed by atoms with van der Waals surface area (Å²) in [4.78, 5) is 26.3. The van der Waals surface area contributed by atoms with Gasteiger partial charge in [0.05, 0.1) is 10.4 Å². The molecule has 1 aliphatic carbocycles. The van der Waals surface area contributed by atoms with E-state index in [-0.39, 0.29) is 29.9 Å². The lowest BCUT2D eigenvalue weighted by molar-refractivity contribution is 0.565. The van der Waals surface area contributed by atoms with Crippen LogP contribution in [0.1, 0.15) is 31.4 Å². The number of allylic oxidation sites excluding steroid dienone is 1. The summed E-state index contributed by atoms with van der Waals surface area (Å²) in [5, 5.41) is 0. The number of aryl methyl sites for hydroxylation is 1. The molecule has 3 aromatic rings. The number of aromatic nitrogens is 3. The molecule has 0 amide bonds. The van der Waals surface area contributed by atoms with Gasteiger partial charge in [-0.1, -0.05) is 6.08 Å². The van der Waals surface area contributed by atoms with Crippen LogP contribution in [0, 0.1) is 15.2 Å². The zero-order valence-corrected chi connectivity index (χ0v) is 19.7. The first-order chi connectivity index (χ1) is 15.1. The van der Waals surface area contributed by atoms with E-state index in [1.54, 1.807) is 0 Å². The Bertz CT molecular complexity index is 1550. The summed E-state index contributed by atoms with van der Waals surface area (Å²) >= 11 is 1.88. The van der Waals surface area contributed by atoms with Gasteiger partial charge in [-0.15, -0.1) is 6.58 Å². The summed E-state index contributed by atoms with van der Waals surface area (Å²) in [5.74, 6) is -2.11. The molecule has 0 saturated heterocycles. The summed E-state index contributed by atoms with van der Waals surface area (Å²) < 4.78 is 59.5. The fourth-order valence-corrected chi connectivity index (χ4v) is 7.08. The molecule has 7 nitrogen and oxygen atoms in total. The molecule has 5 rings (SSSR count). The zero-order chi connectivity index (χ0) is 23.0. The summed E-state index contributed by atoms with van der Waals surface area (Å²) in [6, 6.07) is 3.94. The highest BCUT2D eigenvalue weighted by molar-refractivity contribution is 14.1. The van der Waals surface area contributed by atoms with Crippen LogP contribution in [-0.4, -0.2) is 26.3 Å². The molecule has 0 atom stereocenters. The van der Waals surface area contributed by atoms with Crippen molar-refractivity contribution >= 4 is 43.6 Å². The second kappa shape index (κ2) is 7.11. The predicted octanol–water partition coefficient (Wildman–Crippen LogP) is 3.07. The van der Waals surface area contributed by atoms with Crippen LogP contribution in [0.3, 0.4) is 0 Å².